The van der Waals surface area contributed by atoms with Gasteiger partial charge >= 0.3 is 0 Å². The summed E-state index contributed by atoms with van der Waals surface area (Å²) in [5.74, 6) is 1.42. The van der Waals surface area contributed by atoms with Crippen LogP contribution in [0.4, 0.5) is 0 Å². The van der Waals surface area contributed by atoms with Crippen LogP contribution >= 0.6 is 0 Å². The predicted octanol–water partition coefficient (Wildman–Crippen LogP) is 3.07. The van der Waals surface area contributed by atoms with Crippen LogP contribution in [0.1, 0.15) is 70.5 Å². The molecular weight excluding hydrogens is 228 g/mol. The summed E-state index contributed by atoms with van der Waals surface area (Å²) in [7, 11) is 0. The highest BCUT2D eigenvalue weighted by Crippen LogP contribution is 2.31. The van der Waals surface area contributed by atoms with Crippen molar-refractivity contribution in [3.05, 3.63) is 11.7 Å². The second-order valence-electron chi connectivity index (χ2n) is 6.60. The lowest BCUT2D eigenvalue weighted by Crippen LogP contribution is -2.17. The molecular formula is C14H24N2O2. The van der Waals surface area contributed by atoms with E-state index in [0.29, 0.717) is 5.89 Å². The van der Waals surface area contributed by atoms with Crippen LogP contribution in [0, 0.1) is 5.41 Å². The largest absolute Gasteiger partial charge is 0.392 e. The third kappa shape index (κ3) is 3.55. The first kappa shape index (κ1) is 13.5. The van der Waals surface area contributed by atoms with Crippen LogP contribution in [0.5, 0.6) is 0 Å². The Morgan fingerprint density at radius 1 is 1.22 bits per heavy atom. The van der Waals surface area contributed by atoms with E-state index in [2.05, 4.69) is 30.9 Å². The van der Waals surface area contributed by atoms with E-state index < -0.39 is 0 Å². The van der Waals surface area contributed by atoms with Gasteiger partial charge in [-0.15, -0.1) is 0 Å². The molecule has 2 atom stereocenters. The lowest BCUT2D eigenvalue weighted by molar-refractivity contribution is 0.119. The molecule has 18 heavy (non-hydrogen) atoms. The number of aliphatic hydroxyl groups is 1. The zero-order valence-corrected chi connectivity index (χ0v) is 11.6. The summed E-state index contributed by atoms with van der Waals surface area (Å²) in [4.78, 5) is 4.47. The van der Waals surface area contributed by atoms with Crippen molar-refractivity contribution in [3.8, 4) is 0 Å². The van der Waals surface area contributed by atoms with Gasteiger partial charge in [0.15, 0.2) is 5.82 Å². The number of hydrogen-bond donors (Lipinski definition) is 1. The van der Waals surface area contributed by atoms with Gasteiger partial charge in [-0.25, -0.2) is 0 Å². The van der Waals surface area contributed by atoms with E-state index >= 15 is 0 Å². The number of rotatable bonds is 2. The smallest absolute Gasteiger partial charge is 0.232 e. The van der Waals surface area contributed by atoms with Gasteiger partial charge in [-0.3, -0.25) is 0 Å². The highest BCUT2D eigenvalue weighted by molar-refractivity contribution is 4.99. The van der Waals surface area contributed by atoms with Gasteiger partial charge in [0.25, 0.3) is 0 Å². The number of aromatic nitrogens is 2. The van der Waals surface area contributed by atoms with E-state index in [9.17, 15) is 5.11 Å². The molecule has 4 nitrogen and oxygen atoms in total. The Bertz CT molecular complexity index is 381. The average Bonchev–Trinajstić information content (AvgIpc) is 2.57. The standard InChI is InChI=1S/C14H24N2O2/c1-14(2,3)9-12-15-13(18-16-12)10-7-5-4-6-8-11(10)17/h10-11,17H,4-9H2,1-3H3. The highest BCUT2D eigenvalue weighted by atomic mass is 16.5. The molecule has 0 amide bonds. The minimum absolute atomic E-state index is 0.0359. The van der Waals surface area contributed by atoms with Crippen LogP contribution in [0.3, 0.4) is 0 Å². The fraction of sp³-hybridized carbons (Fsp3) is 0.857. The molecule has 1 aliphatic carbocycles. The summed E-state index contributed by atoms with van der Waals surface area (Å²) in [6, 6.07) is 0. The van der Waals surface area contributed by atoms with Crippen LogP contribution in [0.2, 0.25) is 0 Å². The van der Waals surface area contributed by atoms with Crippen molar-refractivity contribution in [1.82, 2.24) is 10.1 Å². The van der Waals surface area contributed by atoms with Gasteiger partial charge in [-0.2, -0.15) is 4.98 Å². The van der Waals surface area contributed by atoms with Gasteiger partial charge in [0.2, 0.25) is 5.89 Å². The molecule has 0 aromatic carbocycles. The average molecular weight is 252 g/mol. The second kappa shape index (κ2) is 5.39. The predicted molar refractivity (Wildman–Crippen MR) is 69.3 cm³/mol. The van der Waals surface area contributed by atoms with Gasteiger partial charge in [0, 0.05) is 6.42 Å². The Balaban J connectivity index is 2.08. The van der Waals surface area contributed by atoms with E-state index in [1.165, 1.54) is 6.42 Å². The molecule has 4 heteroatoms. The van der Waals surface area contributed by atoms with Crippen LogP contribution in [0.15, 0.2) is 4.52 Å². The van der Waals surface area contributed by atoms with Crippen molar-refractivity contribution in [2.75, 3.05) is 0 Å². The normalized spacial score (nSPS) is 26.0. The molecule has 102 valence electrons. The van der Waals surface area contributed by atoms with Crippen molar-refractivity contribution in [2.45, 2.75) is 71.3 Å². The Kier molecular flexibility index (Phi) is 4.05. The third-order valence-corrected chi connectivity index (χ3v) is 3.47. The van der Waals surface area contributed by atoms with E-state index in [1.807, 2.05) is 0 Å². The van der Waals surface area contributed by atoms with Crippen molar-refractivity contribution >= 4 is 0 Å². The van der Waals surface area contributed by atoms with Crippen LogP contribution in [-0.4, -0.2) is 21.4 Å². The van der Waals surface area contributed by atoms with E-state index in [0.717, 1.165) is 37.9 Å². The monoisotopic (exact) mass is 252 g/mol. The molecule has 2 unspecified atom stereocenters. The first-order valence-corrected chi connectivity index (χ1v) is 6.96. The van der Waals surface area contributed by atoms with Gasteiger partial charge in [-0.1, -0.05) is 45.2 Å². The summed E-state index contributed by atoms with van der Waals surface area (Å²) < 4.78 is 5.35. The lowest BCUT2D eigenvalue weighted by Gasteiger charge is -2.16. The molecule has 1 saturated carbocycles. The van der Waals surface area contributed by atoms with Crippen molar-refractivity contribution in [2.24, 2.45) is 5.41 Å². The quantitative estimate of drug-likeness (QED) is 0.822. The molecule has 1 aromatic heterocycles. The molecule has 2 rings (SSSR count). The van der Waals surface area contributed by atoms with Crippen molar-refractivity contribution in [3.63, 3.8) is 0 Å². The summed E-state index contributed by atoms with van der Waals surface area (Å²) in [5.41, 5.74) is 0.156. The first-order chi connectivity index (χ1) is 8.46. The van der Waals surface area contributed by atoms with Gasteiger partial charge in [0.1, 0.15) is 0 Å². The zero-order chi connectivity index (χ0) is 13.2. The molecule has 1 fully saturated rings. The summed E-state index contributed by atoms with van der Waals surface area (Å²) >= 11 is 0. The Labute approximate surface area is 109 Å². The summed E-state index contributed by atoms with van der Waals surface area (Å²) in [5, 5.41) is 14.2. The highest BCUT2D eigenvalue weighted by Gasteiger charge is 2.28. The van der Waals surface area contributed by atoms with Crippen LogP contribution in [0.25, 0.3) is 0 Å². The maximum absolute atomic E-state index is 10.1. The summed E-state index contributed by atoms with van der Waals surface area (Å²) in [6.45, 7) is 6.47. The molecule has 0 saturated heterocycles. The minimum Gasteiger partial charge on any atom is -0.392 e. The molecule has 0 spiro atoms. The second-order valence-corrected chi connectivity index (χ2v) is 6.60. The minimum atomic E-state index is -0.324. The molecule has 1 heterocycles. The van der Waals surface area contributed by atoms with E-state index in [-0.39, 0.29) is 17.4 Å². The van der Waals surface area contributed by atoms with Crippen molar-refractivity contribution in [1.29, 1.82) is 0 Å². The summed E-state index contributed by atoms with van der Waals surface area (Å²) in [6.07, 6.45) is 5.71. The molecule has 0 radical (unpaired) electrons. The number of nitrogens with zero attached hydrogens (tertiary/aromatic N) is 2. The molecule has 1 aromatic rings. The Morgan fingerprint density at radius 2 is 1.94 bits per heavy atom. The molecule has 1 N–H and O–H groups in total. The maximum Gasteiger partial charge on any atom is 0.232 e. The Morgan fingerprint density at radius 3 is 2.67 bits per heavy atom. The fourth-order valence-corrected chi connectivity index (χ4v) is 2.54. The van der Waals surface area contributed by atoms with Gasteiger partial charge < -0.3 is 9.63 Å². The third-order valence-electron chi connectivity index (χ3n) is 3.47. The molecule has 0 bridgehead atoms. The van der Waals surface area contributed by atoms with Gasteiger partial charge in [0.05, 0.1) is 12.0 Å². The lowest BCUT2D eigenvalue weighted by atomic mass is 9.92. The maximum atomic E-state index is 10.1. The van der Waals surface area contributed by atoms with E-state index in [1.54, 1.807) is 0 Å². The fourth-order valence-electron chi connectivity index (χ4n) is 2.54. The number of hydrogen-bond acceptors (Lipinski definition) is 4. The molecule has 0 aliphatic heterocycles. The zero-order valence-electron chi connectivity index (χ0n) is 11.6. The van der Waals surface area contributed by atoms with E-state index in [4.69, 9.17) is 4.52 Å². The van der Waals surface area contributed by atoms with Gasteiger partial charge in [-0.05, 0) is 18.3 Å². The number of aliphatic hydroxyl groups excluding tert-OH is 1. The Hall–Kier alpha value is -0.900. The first-order valence-electron chi connectivity index (χ1n) is 6.96. The SMILES string of the molecule is CC(C)(C)Cc1noc(C2CCCCCC2O)n1. The molecule has 1 aliphatic rings. The van der Waals surface area contributed by atoms with Crippen LogP contribution < -0.4 is 0 Å². The topological polar surface area (TPSA) is 59.2 Å². The van der Waals surface area contributed by atoms with Crippen LogP contribution in [-0.2, 0) is 6.42 Å². The van der Waals surface area contributed by atoms with Crippen molar-refractivity contribution < 1.29 is 9.63 Å².